The summed E-state index contributed by atoms with van der Waals surface area (Å²) in [6.07, 6.45) is 0. The third-order valence-electron chi connectivity index (χ3n) is 2.65. The van der Waals surface area contributed by atoms with Gasteiger partial charge in [0.1, 0.15) is 5.52 Å². The van der Waals surface area contributed by atoms with Crippen LogP contribution in [-0.4, -0.2) is 4.98 Å². The highest BCUT2D eigenvalue weighted by Gasteiger charge is 2.09. The summed E-state index contributed by atoms with van der Waals surface area (Å²) in [5.74, 6) is 0.528. The van der Waals surface area contributed by atoms with Crippen LogP contribution < -0.4 is 0 Å². The molecular weight excluding hydrogens is 293 g/mol. The summed E-state index contributed by atoms with van der Waals surface area (Å²) in [6, 6.07) is 11.1. The summed E-state index contributed by atoms with van der Waals surface area (Å²) < 4.78 is 5.72. The summed E-state index contributed by atoms with van der Waals surface area (Å²) >= 11 is 11.9. The van der Waals surface area contributed by atoms with E-state index in [-0.39, 0.29) is 0 Å². The number of nitrogens with zero attached hydrogens (tertiary/aromatic N) is 1. The van der Waals surface area contributed by atoms with Crippen molar-refractivity contribution in [3.8, 4) is 11.5 Å². The lowest BCUT2D eigenvalue weighted by Crippen LogP contribution is -1.77. The van der Waals surface area contributed by atoms with Crippen molar-refractivity contribution in [2.75, 3.05) is 0 Å². The van der Waals surface area contributed by atoms with E-state index in [4.69, 9.17) is 27.6 Å². The van der Waals surface area contributed by atoms with Gasteiger partial charge in [0.15, 0.2) is 5.58 Å². The molecule has 20 heavy (non-hydrogen) atoms. The highest BCUT2D eigenvalue weighted by Crippen LogP contribution is 2.29. The van der Waals surface area contributed by atoms with Crippen LogP contribution in [0.4, 0.5) is 0 Å². The average molecular weight is 308 g/mol. The van der Waals surface area contributed by atoms with Gasteiger partial charge in [0.05, 0.1) is 0 Å². The van der Waals surface area contributed by atoms with E-state index in [1.165, 1.54) is 0 Å². The highest BCUT2D eigenvalue weighted by molar-refractivity contribution is 6.35. The maximum absolute atomic E-state index is 5.97. The van der Waals surface area contributed by atoms with E-state index in [9.17, 15) is 0 Å². The molecule has 0 aliphatic rings. The summed E-state index contributed by atoms with van der Waals surface area (Å²) in [4.78, 5) is 4.42. The second-order valence-electron chi connectivity index (χ2n) is 4.15. The Kier molecular flexibility index (Phi) is 4.69. The molecule has 0 saturated heterocycles. The van der Waals surface area contributed by atoms with Crippen LogP contribution in [0.2, 0.25) is 10.0 Å². The van der Waals surface area contributed by atoms with Crippen molar-refractivity contribution in [3.05, 3.63) is 52.0 Å². The Balaban J connectivity index is 0.000000704. The highest BCUT2D eigenvalue weighted by atomic mass is 35.5. The molecule has 0 amide bonds. The van der Waals surface area contributed by atoms with Crippen molar-refractivity contribution in [2.24, 2.45) is 0 Å². The maximum atomic E-state index is 5.97. The molecule has 2 aromatic carbocycles. The lowest BCUT2D eigenvalue weighted by atomic mass is 10.2. The maximum Gasteiger partial charge on any atom is 0.227 e. The number of benzene rings is 2. The second-order valence-corrected chi connectivity index (χ2v) is 5.02. The number of hydrogen-bond acceptors (Lipinski definition) is 2. The van der Waals surface area contributed by atoms with Gasteiger partial charge in [-0.05, 0) is 42.8 Å². The third-order valence-corrected chi connectivity index (χ3v) is 3.09. The Morgan fingerprint density at radius 2 is 1.60 bits per heavy atom. The first kappa shape index (κ1) is 14.9. The molecular formula is C16H15Cl2NO. The molecule has 104 valence electrons. The molecule has 4 heteroatoms. The van der Waals surface area contributed by atoms with E-state index >= 15 is 0 Å². The van der Waals surface area contributed by atoms with Crippen molar-refractivity contribution >= 4 is 34.3 Å². The molecule has 0 saturated carbocycles. The minimum absolute atomic E-state index is 0.528. The molecule has 0 unspecified atom stereocenters. The lowest BCUT2D eigenvalue weighted by Gasteiger charge is -1.97. The van der Waals surface area contributed by atoms with Crippen LogP contribution in [0.15, 0.2) is 40.8 Å². The van der Waals surface area contributed by atoms with Crippen LogP contribution in [-0.2, 0) is 0 Å². The number of rotatable bonds is 1. The van der Waals surface area contributed by atoms with E-state index in [2.05, 4.69) is 4.98 Å². The Bertz CT molecular complexity index is 714. The first-order valence-electron chi connectivity index (χ1n) is 6.45. The van der Waals surface area contributed by atoms with E-state index in [1.54, 1.807) is 18.2 Å². The number of halogens is 2. The first-order valence-corrected chi connectivity index (χ1v) is 7.21. The number of aryl methyl sites for hydroxylation is 1. The monoisotopic (exact) mass is 307 g/mol. The van der Waals surface area contributed by atoms with Crippen LogP contribution in [0, 0.1) is 6.92 Å². The lowest BCUT2D eigenvalue weighted by molar-refractivity contribution is 0.619. The largest absolute Gasteiger partial charge is 0.436 e. The number of fused-ring (bicyclic) bond motifs is 1. The van der Waals surface area contributed by atoms with Crippen LogP contribution in [0.5, 0.6) is 0 Å². The van der Waals surface area contributed by atoms with Gasteiger partial charge in [-0.25, -0.2) is 4.98 Å². The SMILES string of the molecule is CC.Cc1ccc2nc(-c3cc(Cl)cc(Cl)c3)oc2c1. The van der Waals surface area contributed by atoms with Gasteiger partial charge < -0.3 is 4.42 Å². The van der Waals surface area contributed by atoms with Crippen molar-refractivity contribution in [3.63, 3.8) is 0 Å². The average Bonchev–Trinajstić information content (AvgIpc) is 2.83. The van der Waals surface area contributed by atoms with Crippen LogP contribution in [0.25, 0.3) is 22.6 Å². The van der Waals surface area contributed by atoms with Crippen molar-refractivity contribution < 1.29 is 4.42 Å². The van der Waals surface area contributed by atoms with E-state index < -0.39 is 0 Å². The van der Waals surface area contributed by atoms with Gasteiger partial charge in [-0.3, -0.25) is 0 Å². The molecule has 0 aliphatic heterocycles. The fourth-order valence-corrected chi connectivity index (χ4v) is 2.36. The molecule has 0 radical (unpaired) electrons. The third kappa shape index (κ3) is 3.14. The topological polar surface area (TPSA) is 26.0 Å². The summed E-state index contributed by atoms with van der Waals surface area (Å²) in [5, 5.41) is 1.13. The molecule has 0 N–H and O–H groups in total. The van der Waals surface area contributed by atoms with E-state index in [0.29, 0.717) is 15.9 Å². The van der Waals surface area contributed by atoms with Crippen LogP contribution >= 0.6 is 23.2 Å². The Morgan fingerprint density at radius 3 is 2.25 bits per heavy atom. The molecule has 2 nitrogen and oxygen atoms in total. The molecule has 1 heterocycles. The van der Waals surface area contributed by atoms with Crippen LogP contribution in [0.3, 0.4) is 0 Å². The number of hydrogen-bond donors (Lipinski definition) is 0. The van der Waals surface area contributed by atoms with Gasteiger partial charge in [-0.2, -0.15) is 0 Å². The molecule has 0 bridgehead atoms. The normalized spacial score (nSPS) is 10.2. The summed E-state index contributed by atoms with van der Waals surface area (Å²) in [5.41, 5.74) is 3.50. The van der Waals surface area contributed by atoms with Crippen molar-refractivity contribution in [1.29, 1.82) is 0 Å². The predicted octanol–water partition coefficient (Wildman–Crippen LogP) is 6.14. The fraction of sp³-hybridized carbons (Fsp3) is 0.188. The van der Waals surface area contributed by atoms with Gasteiger partial charge in [0, 0.05) is 15.6 Å². The zero-order valence-electron chi connectivity index (χ0n) is 11.6. The molecule has 3 aromatic rings. The minimum atomic E-state index is 0.528. The predicted molar refractivity (Wildman–Crippen MR) is 85.6 cm³/mol. The summed E-state index contributed by atoms with van der Waals surface area (Å²) in [7, 11) is 0. The molecule has 0 fully saturated rings. The minimum Gasteiger partial charge on any atom is -0.436 e. The molecule has 1 aromatic heterocycles. The Hall–Kier alpha value is -1.51. The molecule has 0 spiro atoms. The summed E-state index contributed by atoms with van der Waals surface area (Å²) in [6.45, 7) is 6.01. The standard InChI is InChI=1S/C14H9Cl2NO.C2H6/c1-8-2-3-12-13(4-8)18-14(17-12)9-5-10(15)7-11(16)6-9;1-2/h2-7H,1H3;1-2H3. The van der Waals surface area contributed by atoms with Gasteiger partial charge in [0.2, 0.25) is 5.89 Å². The second kappa shape index (κ2) is 6.29. The quantitative estimate of drug-likeness (QED) is 0.540. The van der Waals surface area contributed by atoms with Crippen molar-refractivity contribution in [1.82, 2.24) is 4.98 Å². The van der Waals surface area contributed by atoms with E-state index in [1.807, 2.05) is 39.0 Å². The van der Waals surface area contributed by atoms with E-state index in [0.717, 1.165) is 22.2 Å². The first-order chi connectivity index (χ1) is 9.61. The fourth-order valence-electron chi connectivity index (χ4n) is 1.83. The zero-order chi connectivity index (χ0) is 14.7. The molecule has 0 atom stereocenters. The Morgan fingerprint density at radius 1 is 0.950 bits per heavy atom. The van der Waals surface area contributed by atoms with Gasteiger partial charge >= 0.3 is 0 Å². The number of aromatic nitrogens is 1. The number of oxazole rings is 1. The van der Waals surface area contributed by atoms with Crippen molar-refractivity contribution in [2.45, 2.75) is 20.8 Å². The Labute approximate surface area is 128 Å². The molecule has 0 aliphatic carbocycles. The van der Waals surface area contributed by atoms with Gasteiger partial charge in [-0.1, -0.05) is 43.1 Å². The van der Waals surface area contributed by atoms with Gasteiger partial charge in [-0.15, -0.1) is 0 Å². The van der Waals surface area contributed by atoms with Crippen LogP contribution in [0.1, 0.15) is 19.4 Å². The molecule has 3 rings (SSSR count). The smallest absolute Gasteiger partial charge is 0.227 e. The zero-order valence-corrected chi connectivity index (χ0v) is 13.1. The van der Waals surface area contributed by atoms with Gasteiger partial charge in [0.25, 0.3) is 0 Å².